The highest BCUT2D eigenvalue weighted by Gasteiger charge is 1.96. The van der Waals surface area contributed by atoms with Crippen molar-refractivity contribution in [1.82, 2.24) is 5.32 Å². The smallest absolute Gasteiger partial charge is 0.0471 e. The van der Waals surface area contributed by atoms with Gasteiger partial charge in [-0.15, -0.1) is 0 Å². The molecule has 0 fully saturated rings. The van der Waals surface area contributed by atoms with Gasteiger partial charge in [-0.05, 0) is 37.6 Å². The average Bonchev–Trinajstić information content (AvgIpc) is 2.27. The Morgan fingerprint density at radius 1 is 1.33 bits per heavy atom. The fourth-order valence-corrected chi connectivity index (χ4v) is 1.48. The van der Waals surface area contributed by atoms with Crippen LogP contribution in [0.1, 0.15) is 17.5 Å². The van der Waals surface area contributed by atoms with Crippen molar-refractivity contribution in [1.29, 1.82) is 0 Å². The van der Waals surface area contributed by atoms with Crippen LogP contribution in [0.4, 0.5) is 0 Å². The summed E-state index contributed by atoms with van der Waals surface area (Å²) >= 11 is 0. The third-order valence-corrected chi connectivity index (χ3v) is 2.29. The van der Waals surface area contributed by atoms with Gasteiger partial charge in [-0.25, -0.2) is 0 Å². The van der Waals surface area contributed by atoms with Gasteiger partial charge in [0, 0.05) is 6.61 Å². The fourth-order valence-electron chi connectivity index (χ4n) is 1.48. The molecule has 1 rings (SSSR count). The summed E-state index contributed by atoms with van der Waals surface area (Å²) in [6.07, 6.45) is 6.05. The van der Waals surface area contributed by atoms with E-state index < -0.39 is 0 Å². The van der Waals surface area contributed by atoms with E-state index in [2.05, 4.69) is 29.6 Å². The van der Waals surface area contributed by atoms with Gasteiger partial charge in [0.1, 0.15) is 0 Å². The van der Waals surface area contributed by atoms with E-state index in [9.17, 15) is 0 Å². The second-order valence-corrected chi connectivity index (χ2v) is 3.47. The lowest BCUT2D eigenvalue weighted by Gasteiger charge is -2.03. The molecule has 2 nitrogen and oxygen atoms in total. The summed E-state index contributed by atoms with van der Waals surface area (Å²) in [6, 6.07) is 8.18. The van der Waals surface area contributed by atoms with Gasteiger partial charge in [0.15, 0.2) is 0 Å². The van der Waals surface area contributed by atoms with Gasteiger partial charge in [0.25, 0.3) is 0 Å². The molecule has 2 N–H and O–H groups in total. The van der Waals surface area contributed by atoms with Crippen LogP contribution in [0.5, 0.6) is 0 Å². The third kappa shape index (κ3) is 4.28. The van der Waals surface area contributed by atoms with Crippen LogP contribution in [-0.2, 0) is 6.42 Å². The van der Waals surface area contributed by atoms with Crippen molar-refractivity contribution < 1.29 is 5.11 Å². The molecule has 0 spiro atoms. The summed E-state index contributed by atoms with van der Waals surface area (Å²) in [5.74, 6) is 0. The van der Waals surface area contributed by atoms with Gasteiger partial charge in [0.2, 0.25) is 0 Å². The molecule has 0 aromatic heterocycles. The number of aliphatic hydroxyl groups is 1. The van der Waals surface area contributed by atoms with Crippen molar-refractivity contribution in [2.45, 2.75) is 12.8 Å². The minimum atomic E-state index is 0.210. The van der Waals surface area contributed by atoms with Crippen molar-refractivity contribution in [3.05, 3.63) is 41.5 Å². The van der Waals surface area contributed by atoms with E-state index in [0.29, 0.717) is 0 Å². The first-order valence-corrected chi connectivity index (χ1v) is 5.38. The summed E-state index contributed by atoms with van der Waals surface area (Å²) in [4.78, 5) is 0. The molecule has 0 amide bonds. The maximum atomic E-state index is 8.92. The van der Waals surface area contributed by atoms with E-state index in [-0.39, 0.29) is 6.61 Å². The summed E-state index contributed by atoms with van der Waals surface area (Å²) < 4.78 is 0. The van der Waals surface area contributed by atoms with E-state index in [1.165, 1.54) is 11.1 Å². The van der Waals surface area contributed by atoms with E-state index >= 15 is 0 Å². The van der Waals surface area contributed by atoms with Crippen molar-refractivity contribution in [2.24, 2.45) is 0 Å². The van der Waals surface area contributed by atoms with Gasteiger partial charge in [0.05, 0.1) is 0 Å². The molecule has 0 radical (unpaired) electrons. The predicted octanol–water partition coefficient (Wildman–Crippen LogP) is 1.84. The highest BCUT2D eigenvalue weighted by molar-refractivity contribution is 5.53. The fraction of sp³-hybridized carbons (Fsp3) is 0.385. The minimum Gasteiger partial charge on any atom is -0.396 e. The highest BCUT2D eigenvalue weighted by Crippen LogP contribution is 2.11. The monoisotopic (exact) mass is 205 g/mol. The van der Waals surface area contributed by atoms with Gasteiger partial charge < -0.3 is 10.4 Å². The Labute approximate surface area is 91.6 Å². The lowest BCUT2D eigenvalue weighted by molar-refractivity contribution is 0.299. The van der Waals surface area contributed by atoms with Crippen molar-refractivity contribution in [2.75, 3.05) is 20.2 Å². The van der Waals surface area contributed by atoms with Gasteiger partial charge in [-0.2, -0.15) is 0 Å². The molecule has 1 aromatic rings. The molecule has 15 heavy (non-hydrogen) atoms. The largest absolute Gasteiger partial charge is 0.396 e. The Bertz CT molecular complexity index is 307. The Morgan fingerprint density at radius 3 is 2.87 bits per heavy atom. The van der Waals surface area contributed by atoms with Crippen LogP contribution in [0, 0.1) is 0 Å². The molecule has 0 saturated heterocycles. The first-order chi connectivity index (χ1) is 7.38. The van der Waals surface area contributed by atoms with Crippen molar-refractivity contribution in [3.63, 3.8) is 0 Å². The molecule has 0 atom stereocenters. The van der Waals surface area contributed by atoms with Crippen LogP contribution in [-0.4, -0.2) is 25.3 Å². The van der Waals surface area contributed by atoms with Crippen LogP contribution in [0.3, 0.4) is 0 Å². The number of rotatable bonds is 6. The van der Waals surface area contributed by atoms with E-state index in [1.54, 1.807) is 0 Å². The number of aliphatic hydroxyl groups excluding tert-OH is 1. The Hall–Kier alpha value is -1.12. The lowest BCUT2D eigenvalue weighted by atomic mass is 10.0. The Morgan fingerprint density at radius 2 is 2.13 bits per heavy atom. The molecule has 0 saturated carbocycles. The highest BCUT2D eigenvalue weighted by atomic mass is 16.2. The maximum absolute atomic E-state index is 8.92. The van der Waals surface area contributed by atoms with E-state index in [4.69, 9.17) is 5.11 Å². The molecule has 0 aliphatic carbocycles. The molecule has 0 aliphatic heterocycles. The van der Waals surface area contributed by atoms with Crippen LogP contribution in [0.2, 0.25) is 0 Å². The minimum absolute atomic E-state index is 0.210. The first-order valence-electron chi connectivity index (χ1n) is 5.38. The molecular weight excluding hydrogens is 186 g/mol. The molecule has 82 valence electrons. The van der Waals surface area contributed by atoms with Crippen molar-refractivity contribution >= 4 is 6.08 Å². The molecule has 0 unspecified atom stereocenters. The first kappa shape index (κ1) is 12.0. The number of hydrogen-bond acceptors (Lipinski definition) is 2. The second-order valence-electron chi connectivity index (χ2n) is 3.47. The van der Waals surface area contributed by atoms with Gasteiger partial charge >= 0.3 is 0 Å². The van der Waals surface area contributed by atoms with Crippen LogP contribution < -0.4 is 5.32 Å². The predicted molar refractivity (Wildman–Crippen MR) is 64.8 cm³/mol. The van der Waals surface area contributed by atoms with E-state index in [0.717, 1.165) is 19.4 Å². The zero-order valence-corrected chi connectivity index (χ0v) is 9.24. The summed E-state index contributed by atoms with van der Waals surface area (Å²) in [7, 11) is 1.95. The standard InChI is InChI=1S/C13H19NO/c1-14-10-5-4-8-12-6-2-3-7-13(12)9-11-15/h2-4,6-8,14-15H,5,9-11H2,1H3. The third-order valence-electron chi connectivity index (χ3n) is 2.29. The quantitative estimate of drug-likeness (QED) is 0.695. The van der Waals surface area contributed by atoms with E-state index in [1.807, 2.05) is 19.2 Å². The average molecular weight is 205 g/mol. The summed E-state index contributed by atoms with van der Waals surface area (Å²) in [5.41, 5.74) is 2.42. The Balaban J connectivity index is 2.62. The number of nitrogens with one attached hydrogen (secondary N) is 1. The topological polar surface area (TPSA) is 32.3 Å². The molecule has 0 aliphatic rings. The zero-order valence-electron chi connectivity index (χ0n) is 9.24. The van der Waals surface area contributed by atoms with Crippen LogP contribution in [0.25, 0.3) is 6.08 Å². The molecular formula is C13H19NO. The van der Waals surface area contributed by atoms with Crippen LogP contribution >= 0.6 is 0 Å². The zero-order chi connectivity index (χ0) is 10.9. The SMILES string of the molecule is CNCCC=Cc1ccccc1CCO. The molecule has 0 bridgehead atoms. The summed E-state index contributed by atoms with van der Waals surface area (Å²) in [6.45, 7) is 1.21. The molecule has 0 heterocycles. The van der Waals surface area contributed by atoms with Crippen molar-refractivity contribution in [3.8, 4) is 0 Å². The normalized spacial score (nSPS) is 11.1. The number of benzene rings is 1. The maximum Gasteiger partial charge on any atom is 0.0471 e. The second kappa shape index (κ2) is 7.21. The number of hydrogen-bond donors (Lipinski definition) is 2. The van der Waals surface area contributed by atoms with Gasteiger partial charge in [-0.3, -0.25) is 0 Å². The molecule has 2 heteroatoms. The lowest BCUT2D eigenvalue weighted by Crippen LogP contribution is -2.05. The van der Waals surface area contributed by atoms with Crippen LogP contribution in [0.15, 0.2) is 30.3 Å². The Kier molecular flexibility index (Phi) is 5.74. The van der Waals surface area contributed by atoms with Gasteiger partial charge in [-0.1, -0.05) is 36.4 Å². The summed E-state index contributed by atoms with van der Waals surface area (Å²) in [5, 5.41) is 12.0. The molecule has 1 aromatic carbocycles.